The molecule has 34 heavy (non-hydrogen) atoms. The first-order valence-corrected chi connectivity index (χ1v) is 12.1. The fourth-order valence-electron chi connectivity index (χ4n) is 4.07. The van der Waals surface area contributed by atoms with Crippen molar-refractivity contribution in [2.75, 3.05) is 12.8 Å². The quantitative estimate of drug-likeness (QED) is 0.394. The highest BCUT2D eigenvalue weighted by atomic mass is 32.2. The summed E-state index contributed by atoms with van der Waals surface area (Å²) in [6, 6.07) is 17.2. The van der Waals surface area contributed by atoms with Gasteiger partial charge in [-0.25, -0.2) is 9.98 Å². The molecule has 3 aromatic rings. The molecule has 0 saturated carbocycles. The van der Waals surface area contributed by atoms with Gasteiger partial charge in [-0.15, -0.1) is 0 Å². The Morgan fingerprint density at radius 2 is 1.76 bits per heavy atom. The number of likely N-dealkylation sites (N-methyl/N-ethyl adjacent to an activating group) is 1. The zero-order chi connectivity index (χ0) is 24.5. The SMILES string of the molecule is CN1C(=O)C(c2cccc(CCCS(=O)(=O)O)c2)(c2cccc(-c3ccc(F)nc3)c2)N=C1N. The largest absolute Gasteiger partial charge is 0.369 e. The molecule has 2 heterocycles. The predicted octanol–water partition coefficient (Wildman–Crippen LogP) is 2.74. The Bertz CT molecular complexity index is 1380. The standard InChI is InChI=1S/C24H23FN4O4S/c1-29-22(30)24(28-23(29)26,19-8-2-5-16(13-19)6-4-12-34(31,32)33)20-9-3-7-17(14-20)18-10-11-21(25)27-15-18/h2-3,5,7-11,13-15H,4,6,12H2,1H3,(H2,26,28)(H,31,32,33). The number of aryl methyl sites for hydroxylation is 1. The maximum atomic E-state index is 13.5. The molecule has 10 heteroatoms. The third-order valence-corrected chi connectivity index (χ3v) is 6.60. The zero-order valence-electron chi connectivity index (χ0n) is 18.3. The maximum Gasteiger partial charge on any atom is 0.266 e. The average molecular weight is 483 g/mol. The van der Waals surface area contributed by atoms with Crippen molar-refractivity contribution in [3.63, 3.8) is 0 Å². The number of aromatic nitrogens is 1. The van der Waals surface area contributed by atoms with Gasteiger partial charge in [-0.05, 0) is 53.3 Å². The first kappa shape index (κ1) is 23.5. The van der Waals surface area contributed by atoms with Gasteiger partial charge in [0.15, 0.2) is 11.5 Å². The molecule has 176 valence electrons. The number of aliphatic imine (C=N–C) groups is 1. The number of nitrogens with two attached hydrogens (primary N) is 1. The molecule has 1 aromatic heterocycles. The Hall–Kier alpha value is -3.63. The van der Waals surface area contributed by atoms with Crippen LogP contribution in [0.4, 0.5) is 4.39 Å². The van der Waals surface area contributed by atoms with E-state index in [2.05, 4.69) is 9.98 Å². The lowest BCUT2D eigenvalue weighted by Crippen LogP contribution is -2.41. The number of guanidine groups is 1. The van der Waals surface area contributed by atoms with E-state index >= 15 is 0 Å². The molecule has 0 fully saturated rings. The van der Waals surface area contributed by atoms with Gasteiger partial charge in [-0.2, -0.15) is 12.8 Å². The third kappa shape index (κ3) is 4.55. The molecule has 1 unspecified atom stereocenters. The lowest BCUT2D eigenvalue weighted by atomic mass is 9.81. The minimum atomic E-state index is -4.06. The maximum absolute atomic E-state index is 13.5. The van der Waals surface area contributed by atoms with Crippen molar-refractivity contribution in [3.05, 3.63) is 89.5 Å². The second kappa shape index (κ2) is 8.96. The van der Waals surface area contributed by atoms with Crippen molar-refractivity contribution >= 4 is 22.0 Å². The van der Waals surface area contributed by atoms with Gasteiger partial charge in [0, 0.05) is 18.8 Å². The van der Waals surface area contributed by atoms with Crippen molar-refractivity contribution in [2.45, 2.75) is 18.4 Å². The molecule has 1 amide bonds. The smallest absolute Gasteiger partial charge is 0.266 e. The molecule has 3 N–H and O–H groups in total. The minimum absolute atomic E-state index is 0.0654. The molecule has 0 saturated heterocycles. The van der Waals surface area contributed by atoms with E-state index in [1.165, 1.54) is 17.2 Å². The van der Waals surface area contributed by atoms with Crippen LogP contribution in [-0.4, -0.2) is 47.5 Å². The van der Waals surface area contributed by atoms with Crippen LogP contribution in [-0.2, 0) is 26.9 Å². The molecule has 1 aliphatic rings. The molecule has 1 atom stereocenters. The van der Waals surface area contributed by atoms with Crippen molar-refractivity contribution in [1.29, 1.82) is 0 Å². The average Bonchev–Trinajstić information content (AvgIpc) is 3.04. The molecule has 1 aliphatic heterocycles. The first-order valence-electron chi connectivity index (χ1n) is 10.5. The fourth-order valence-corrected chi connectivity index (χ4v) is 4.57. The van der Waals surface area contributed by atoms with Crippen LogP contribution in [0.3, 0.4) is 0 Å². The Kier molecular flexibility index (Phi) is 6.20. The summed E-state index contributed by atoms with van der Waals surface area (Å²) in [4.78, 5) is 23.1. The van der Waals surface area contributed by atoms with Crippen LogP contribution in [0.1, 0.15) is 23.1 Å². The number of carbonyl (C=O) groups excluding carboxylic acids is 1. The van der Waals surface area contributed by atoms with E-state index in [0.29, 0.717) is 23.1 Å². The summed E-state index contributed by atoms with van der Waals surface area (Å²) >= 11 is 0. The van der Waals surface area contributed by atoms with E-state index in [1.54, 1.807) is 49.5 Å². The van der Waals surface area contributed by atoms with Crippen LogP contribution in [0.2, 0.25) is 0 Å². The van der Waals surface area contributed by atoms with E-state index in [-0.39, 0.29) is 24.0 Å². The fraction of sp³-hybridized carbons (Fsp3) is 0.208. The van der Waals surface area contributed by atoms with E-state index < -0.39 is 21.6 Å². The highest BCUT2D eigenvalue weighted by molar-refractivity contribution is 7.85. The molecule has 0 bridgehead atoms. The number of carbonyl (C=O) groups is 1. The number of hydrogen-bond acceptors (Lipinski definition) is 6. The molecular formula is C24H23FN4O4S. The molecule has 0 spiro atoms. The molecule has 0 aliphatic carbocycles. The summed E-state index contributed by atoms with van der Waals surface area (Å²) in [6.45, 7) is 0. The summed E-state index contributed by atoms with van der Waals surface area (Å²) in [6.07, 6.45) is 2.02. The normalized spacial score (nSPS) is 18.3. The number of rotatable bonds is 7. The van der Waals surface area contributed by atoms with E-state index in [9.17, 15) is 17.6 Å². The second-order valence-corrected chi connectivity index (χ2v) is 9.66. The Labute approximate surface area is 196 Å². The molecular weight excluding hydrogens is 459 g/mol. The predicted molar refractivity (Wildman–Crippen MR) is 126 cm³/mol. The number of halogens is 1. The number of pyridine rings is 1. The molecule has 8 nitrogen and oxygen atoms in total. The van der Waals surface area contributed by atoms with Crippen LogP contribution < -0.4 is 5.73 Å². The highest BCUT2D eigenvalue weighted by Gasteiger charge is 2.49. The van der Waals surface area contributed by atoms with Gasteiger partial charge in [0.25, 0.3) is 16.0 Å². The van der Waals surface area contributed by atoms with Gasteiger partial charge in [0.1, 0.15) is 0 Å². The summed E-state index contributed by atoms with van der Waals surface area (Å²) in [5.74, 6) is -1.22. The van der Waals surface area contributed by atoms with Crippen molar-refractivity contribution < 1.29 is 22.2 Å². The van der Waals surface area contributed by atoms with Gasteiger partial charge in [0.05, 0.1) is 5.75 Å². The van der Waals surface area contributed by atoms with Crippen LogP contribution >= 0.6 is 0 Å². The number of amides is 1. The lowest BCUT2D eigenvalue weighted by molar-refractivity contribution is -0.129. The summed E-state index contributed by atoms with van der Waals surface area (Å²) in [5, 5.41) is 0. The highest BCUT2D eigenvalue weighted by Crippen LogP contribution is 2.40. The van der Waals surface area contributed by atoms with Crippen LogP contribution in [0.15, 0.2) is 71.9 Å². The Balaban J connectivity index is 1.80. The van der Waals surface area contributed by atoms with Crippen LogP contribution in [0.5, 0.6) is 0 Å². The van der Waals surface area contributed by atoms with Gasteiger partial charge in [-0.3, -0.25) is 14.2 Å². The van der Waals surface area contributed by atoms with Crippen molar-refractivity contribution in [2.24, 2.45) is 10.7 Å². The van der Waals surface area contributed by atoms with Crippen molar-refractivity contribution in [1.82, 2.24) is 9.88 Å². The topological polar surface area (TPSA) is 126 Å². The minimum Gasteiger partial charge on any atom is -0.369 e. The Morgan fingerprint density at radius 1 is 1.06 bits per heavy atom. The van der Waals surface area contributed by atoms with Crippen LogP contribution in [0, 0.1) is 5.95 Å². The molecule has 0 radical (unpaired) electrons. The van der Waals surface area contributed by atoms with Gasteiger partial charge in [-0.1, -0.05) is 42.5 Å². The summed E-state index contributed by atoms with van der Waals surface area (Å²) in [7, 11) is -2.51. The van der Waals surface area contributed by atoms with Gasteiger partial charge < -0.3 is 5.73 Å². The number of nitrogens with zero attached hydrogens (tertiary/aromatic N) is 3. The summed E-state index contributed by atoms with van der Waals surface area (Å²) < 4.78 is 44.4. The monoisotopic (exact) mass is 482 g/mol. The van der Waals surface area contributed by atoms with Gasteiger partial charge in [0.2, 0.25) is 5.95 Å². The third-order valence-electron chi connectivity index (χ3n) is 5.79. The second-order valence-electron chi connectivity index (χ2n) is 8.08. The van der Waals surface area contributed by atoms with E-state index in [4.69, 9.17) is 10.3 Å². The Morgan fingerprint density at radius 3 is 2.38 bits per heavy atom. The lowest BCUT2D eigenvalue weighted by Gasteiger charge is -2.27. The van der Waals surface area contributed by atoms with E-state index in [1.807, 2.05) is 12.1 Å². The summed E-state index contributed by atoms with van der Waals surface area (Å²) in [5.41, 5.74) is 7.95. The zero-order valence-corrected chi connectivity index (χ0v) is 19.2. The molecule has 2 aromatic carbocycles. The van der Waals surface area contributed by atoms with Crippen molar-refractivity contribution in [3.8, 4) is 11.1 Å². The number of benzene rings is 2. The van der Waals surface area contributed by atoms with Gasteiger partial charge >= 0.3 is 0 Å². The molecule has 4 rings (SSSR count). The first-order chi connectivity index (χ1) is 16.1. The van der Waals surface area contributed by atoms with E-state index in [0.717, 1.165) is 11.1 Å². The van der Waals surface area contributed by atoms with Crippen LogP contribution in [0.25, 0.3) is 11.1 Å². The number of hydrogen-bond donors (Lipinski definition) is 2.